The van der Waals surface area contributed by atoms with Gasteiger partial charge in [0.2, 0.25) is 0 Å². The zero-order valence-electron chi connectivity index (χ0n) is 10.9. The zero-order chi connectivity index (χ0) is 12.4. The Hall–Kier alpha value is -1.76. The lowest BCUT2D eigenvalue weighted by Crippen LogP contribution is -1.91. The summed E-state index contributed by atoms with van der Waals surface area (Å²) < 4.78 is 5.95. The second-order valence-electron chi connectivity index (χ2n) is 4.62. The molecule has 1 heteroatoms. The van der Waals surface area contributed by atoms with Crippen molar-refractivity contribution in [3.63, 3.8) is 0 Å². The van der Waals surface area contributed by atoms with Gasteiger partial charge in [-0.15, -0.1) is 0 Å². The van der Waals surface area contributed by atoms with Gasteiger partial charge in [-0.2, -0.15) is 0 Å². The second-order valence-corrected chi connectivity index (χ2v) is 4.62. The van der Waals surface area contributed by atoms with Crippen LogP contribution in [0.25, 0.3) is 0 Å². The van der Waals surface area contributed by atoms with E-state index in [1.807, 2.05) is 12.1 Å². The highest BCUT2D eigenvalue weighted by Crippen LogP contribution is 2.27. The molecule has 0 aliphatic rings. The summed E-state index contributed by atoms with van der Waals surface area (Å²) in [6.45, 7) is 8.36. The molecule has 0 aliphatic carbocycles. The lowest BCUT2D eigenvalue weighted by molar-refractivity contribution is 0.477. The molecular weight excluding hydrogens is 208 g/mol. The van der Waals surface area contributed by atoms with Crippen molar-refractivity contribution in [2.75, 3.05) is 0 Å². The first-order valence-electron chi connectivity index (χ1n) is 5.88. The van der Waals surface area contributed by atoms with Gasteiger partial charge < -0.3 is 4.74 Å². The van der Waals surface area contributed by atoms with E-state index in [1.165, 1.54) is 22.3 Å². The molecule has 0 amide bonds. The van der Waals surface area contributed by atoms with Crippen LogP contribution in [0.1, 0.15) is 22.3 Å². The van der Waals surface area contributed by atoms with E-state index in [-0.39, 0.29) is 0 Å². The monoisotopic (exact) mass is 226 g/mol. The summed E-state index contributed by atoms with van der Waals surface area (Å²) in [5.74, 6) is 1.85. The largest absolute Gasteiger partial charge is 0.457 e. The number of aryl methyl sites for hydroxylation is 3. The maximum absolute atomic E-state index is 5.95. The first kappa shape index (κ1) is 11.7. The molecule has 0 radical (unpaired) electrons. The Labute approximate surface area is 103 Å². The summed E-state index contributed by atoms with van der Waals surface area (Å²) in [6.07, 6.45) is 0. The van der Waals surface area contributed by atoms with Gasteiger partial charge in [0.05, 0.1) is 0 Å². The van der Waals surface area contributed by atoms with Gasteiger partial charge in [0.15, 0.2) is 0 Å². The van der Waals surface area contributed by atoms with Crippen LogP contribution in [-0.2, 0) is 0 Å². The van der Waals surface area contributed by atoms with Crippen LogP contribution < -0.4 is 4.74 Å². The van der Waals surface area contributed by atoms with Crippen LogP contribution >= 0.6 is 0 Å². The van der Waals surface area contributed by atoms with Gasteiger partial charge in [-0.25, -0.2) is 0 Å². The lowest BCUT2D eigenvalue weighted by Gasteiger charge is -2.11. The topological polar surface area (TPSA) is 9.23 Å². The van der Waals surface area contributed by atoms with Crippen molar-refractivity contribution in [3.8, 4) is 11.5 Å². The van der Waals surface area contributed by atoms with Gasteiger partial charge in [-0.05, 0) is 68.1 Å². The highest BCUT2D eigenvalue weighted by molar-refractivity contribution is 5.42. The standard InChI is InChI=1S/C16H18O/c1-11-8-12(2)10-15(9-11)17-16-7-5-6-13(3)14(16)4/h5-10H,1-4H3. The third kappa shape index (κ3) is 2.68. The first-order chi connectivity index (χ1) is 8.06. The van der Waals surface area contributed by atoms with Gasteiger partial charge in [-0.1, -0.05) is 18.2 Å². The molecule has 0 N–H and O–H groups in total. The lowest BCUT2D eigenvalue weighted by atomic mass is 10.1. The Kier molecular flexibility index (Phi) is 3.19. The van der Waals surface area contributed by atoms with Gasteiger partial charge in [0.1, 0.15) is 11.5 Å². The van der Waals surface area contributed by atoms with Gasteiger partial charge in [0.25, 0.3) is 0 Å². The zero-order valence-corrected chi connectivity index (χ0v) is 10.9. The molecule has 2 rings (SSSR count). The third-order valence-electron chi connectivity index (χ3n) is 2.98. The molecule has 0 fully saturated rings. The molecule has 0 saturated heterocycles. The number of hydrogen-bond acceptors (Lipinski definition) is 1. The smallest absolute Gasteiger partial charge is 0.130 e. The number of ether oxygens (including phenoxy) is 1. The molecule has 17 heavy (non-hydrogen) atoms. The molecule has 2 aromatic rings. The van der Waals surface area contributed by atoms with E-state index in [4.69, 9.17) is 4.74 Å². The molecule has 88 valence electrons. The third-order valence-corrected chi connectivity index (χ3v) is 2.98. The quantitative estimate of drug-likeness (QED) is 0.720. The molecule has 0 heterocycles. The Morgan fingerprint density at radius 2 is 1.47 bits per heavy atom. The highest BCUT2D eigenvalue weighted by Gasteiger charge is 2.04. The van der Waals surface area contributed by atoms with E-state index in [0.29, 0.717) is 0 Å². The average molecular weight is 226 g/mol. The summed E-state index contributed by atoms with van der Waals surface area (Å²) in [5, 5.41) is 0. The van der Waals surface area contributed by atoms with E-state index in [9.17, 15) is 0 Å². The van der Waals surface area contributed by atoms with Crippen molar-refractivity contribution in [1.29, 1.82) is 0 Å². The van der Waals surface area contributed by atoms with Crippen LogP contribution in [0.4, 0.5) is 0 Å². The normalized spacial score (nSPS) is 10.4. The fraction of sp³-hybridized carbons (Fsp3) is 0.250. The Balaban J connectivity index is 2.34. The Morgan fingerprint density at radius 3 is 2.12 bits per heavy atom. The van der Waals surface area contributed by atoms with Crippen molar-refractivity contribution < 1.29 is 4.74 Å². The average Bonchev–Trinajstić information content (AvgIpc) is 2.23. The summed E-state index contributed by atoms with van der Waals surface area (Å²) in [6, 6.07) is 12.4. The molecule has 0 aromatic heterocycles. The molecule has 0 saturated carbocycles. The minimum absolute atomic E-state index is 0.913. The Bertz CT molecular complexity index is 521. The molecule has 2 aromatic carbocycles. The predicted octanol–water partition coefficient (Wildman–Crippen LogP) is 4.71. The van der Waals surface area contributed by atoms with Crippen molar-refractivity contribution in [1.82, 2.24) is 0 Å². The predicted molar refractivity (Wildman–Crippen MR) is 71.9 cm³/mol. The van der Waals surface area contributed by atoms with E-state index >= 15 is 0 Å². The summed E-state index contributed by atoms with van der Waals surface area (Å²) in [4.78, 5) is 0. The minimum Gasteiger partial charge on any atom is -0.457 e. The molecule has 1 nitrogen and oxygen atoms in total. The maximum atomic E-state index is 5.95. The highest BCUT2D eigenvalue weighted by atomic mass is 16.5. The van der Waals surface area contributed by atoms with Crippen LogP contribution in [0.15, 0.2) is 36.4 Å². The number of benzene rings is 2. The van der Waals surface area contributed by atoms with Crippen LogP contribution in [0.5, 0.6) is 11.5 Å². The number of rotatable bonds is 2. The van der Waals surface area contributed by atoms with Gasteiger partial charge in [0, 0.05) is 0 Å². The van der Waals surface area contributed by atoms with E-state index in [1.54, 1.807) is 0 Å². The van der Waals surface area contributed by atoms with Gasteiger partial charge >= 0.3 is 0 Å². The minimum atomic E-state index is 0.913. The molecule has 0 atom stereocenters. The molecule has 0 bridgehead atoms. The molecule has 0 aliphatic heterocycles. The first-order valence-corrected chi connectivity index (χ1v) is 5.88. The summed E-state index contributed by atoms with van der Waals surface area (Å²) in [5.41, 5.74) is 4.91. The summed E-state index contributed by atoms with van der Waals surface area (Å²) >= 11 is 0. The Morgan fingerprint density at radius 1 is 0.824 bits per heavy atom. The van der Waals surface area contributed by atoms with Crippen LogP contribution in [0, 0.1) is 27.7 Å². The van der Waals surface area contributed by atoms with E-state index < -0.39 is 0 Å². The second kappa shape index (κ2) is 4.62. The van der Waals surface area contributed by atoms with Crippen molar-refractivity contribution >= 4 is 0 Å². The maximum Gasteiger partial charge on any atom is 0.130 e. The number of hydrogen-bond donors (Lipinski definition) is 0. The molecular formula is C16H18O. The van der Waals surface area contributed by atoms with Crippen LogP contribution in [0.2, 0.25) is 0 Å². The van der Waals surface area contributed by atoms with Crippen molar-refractivity contribution in [2.45, 2.75) is 27.7 Å². The van der Waals surface area contributed by atoms with Crippen molar-refractivity contribution in [3.05, 3.63) is 58.7 Å². The van der Waals surface area contributed by atoms with E-state index in [0.717, 1.165) is 11.5 Å². The molecule has 0 spiro atoms. The molecule has 0 unspecified atom stereocenters. The van der Waals surface area contributed by atoms with E-state index in [2.05, 4.69) is 52.0 Å². The van der Waals surface area contributed by atoms with Gasteiger partial charge in [-0.3, -0.25) is 0 Å². The van der Waals surface area contributed by atoms with Crippen LogP contribution in [0.3, 0.4) is 0 Å². The SMILES string of the molecule is Cc1cc(C)cc(Oc2cccc(C)c2C)c1. The van der Waals surface area contributed by atoms with Crippen molar-refractivity contribution in [2.24, 2.45) is 0 Å². The summed E-state index contributed by atoms with van der Waals surface area (Å²) in [7, 11) is 0. The van der Waals surface area contributed by atoms with Crippen LogP contribution in [-0.4, -0.2) is 0 Å². The fourth-order valence-corrected chi connectivity index (χ4v) is 1.95. The fourth-order valence-electron chi connectivity index (χ4n) is 1.95.